The van der Waals surface area contributed by atoms with Crippen molar-refractivity contribution in [3.63, 3.8) is 0 Å². The number of ether oxygens (including phenoxy) is 1. The van der Waals surface area contributed by atoms with Crippen LogP contribution in [0.3, 0.4) is 0 Å². The van der Waals surface area contributed by atoms with Gasteiger partial charge in [0.2, 0.25) is 5.91 Å². The first-order chi connectivity index (χ1) is 11.6. The summed E-state index contributed by atoms with van der Waals surface area (Å²) in [6.07, 6.45) is 0.710. The molecule has 0 bridgehead atoms. The number of carbonyl (C=O) groups excluding carboxylic acids is 2. The van der Waals surface area contributed by atoms with Gasteiger partial charge in [-0.3, -0.25) is 9.59 Å². The van der Waals surface area contributed by atoms with Gasteiger partial charge in [-0.25, -0.2) is 4.39 Å². The van der Waals surface area contributed by atoms with Gasteiger partial charge in [0.25, 0.3) is 0 Å². The van der Waals surface area contributed by atoms with Gasteiger partial charge in [-0.15, -0.1) is 11.3 Å². The van der Waals surface area contributed by atoms with Crippen molar-refractivity contribution in [2.75, 3.05) is 7.11 Å². The zero-order valence-corrected chi connectivity index (χ0v) is 14.0. The molecule has 6 heteroatoms. The predicted molar refractivity (Wildman–Crippen MR) is 89.1 cm³/mol. The van der Waals surface area contributed by atoms with Crippen LogP contribution in [-0.4, -0.2) is 19.0 Å². The molecule has 1 N–H and O–H groups in total. The Morgan fingerprint density at radius 1 is 1.33 bits per heavy atom. The number of thiophene rings is 1. The molecule has 0 aliphatic heterocycles. The third-order valence-electron chi connectivity index (χ3n) is 4.23. The maximum absolute atomic E-state index is 13.8. The standard InChI is InChI=1S/C18H18FNO3S/c1-23-17(21)10-15(16-7-4-8-24-16)20-18(22)13-9-12(13)11-5-2-3-6-14(11)19/h2-8,12-13,15H,9-10H2,1H3,(H,20,22). The molecule has 0 saturated heterocycles. The molecule has 1 aliphatic carbocycles. The monoisotopic (exact) mass is 347 g/mol. The van der Waals surface area contributed by atoms with Crippen LogP contribution in [0, 0.1) is 11.7 Å². The summed E-state index contributed by atoms with van der Waals surface area (Å²) in [5, 5.41) is 4.81. The van der Waals surface area contributed by atoms with E-state index in [1.54, 1.807) is 18.2 Å². The molecular formula is C18H18FNO3S. The van der Waals surface area contributed by atoms with E-state index in [0.29, 0.717) is 12.0 Å². The average Bonchev–Trinajstić information content (AvgIpc) is 3.18. The highest BCUT2D eigenvalue weighted by atomic mass is 32.1. The van der Waals surface area contributed by atoms with E-state index in [9.17, 15) is 14.0 Å². The molecule has 0 spiro atoms. The molecule has 3 unspecified atom stereocenters. The van der Waals surface area contributed by atoms with Crippen LogP contribution in [0.5, 0.6) is 0 Å². The highest BCUT2D eigenvalue weighted by Gasteiger charge is 2.45. The Morgan fingerprint density at radius 3 is 2.79 bits per heavy atom. The van der Waals surface area contributed by atoms with Crippen molar-refractivity contribution in [2.24, 2.45) is 5.92 Å². The highest BCUT2D eigenvalue weighted by Crippen LogP contribution is 2.48. The van der Waals surface area contributed by atoms with Crippen LogP contribution >= 0.6 is 11.3 Å². The molecule has 24 heavy (non-hydrogen) atoms. The maximum atomic E-state index is 13.8. The van der Waals surface area contributed by atoms with Crippen LogP contribution in [-0.2, 0) is 14.3 Å². The van der Waals surface area contributed by atoms with Crippen molar-refractivity contribution in [1.82, 2.24) is 5.32 Å². The molecule has 1 fully saturated rings. The van der Waals surface area contributed by atoms with Gasteiger partial charge in [0.05, 0.1) is 19.6 Å². The number of nitrogens with one attached hydrogen (secondary N) is 1. The van der Waals surface area contributed by atoms with Gasteiger partial charge in [-0.05, 0) is 35.4 Å². The molecule has 1 amide bonds. The zero-order valence-electron chi connectivity index (χ0n) is 13.2. The molecule has 3 atom stereocenters. The Morgan fingerprint density at radius 2 is 2.12 bits per heavy atom. The number of hydrogen-bond donors (Lipinski definition) is 1. The van der Waals surface area contributed by atoms with Crippen molar-refractivity contribution in [1.29, 1.82) is 0 Å². The molecule has 1 heterocycles. The molecule has 1 saturated carbocycles. The molecule has 126 valence electrons. The highest BCUT2D eigenvalue weighted by molar-refractivity contribution is 7.10. The van der Waals surface area contributed by atoms with Crippen LogP contribution in [0.2, 0.25) is 0 Å². The number of rotatable bonds is 6. The third kappa shape index (κ3) is 3.64. The summed E-state index contributed by atoms with van der Waals surface area (Å²) in [4.78, 5) is 25.0. The number of methoxy groups -OCH3 is 1. The summed E-state index contributed by atoms with van der Waals surface area (Å²) < 4.78 is 18.5. The summed E-state index contributed by atoms with van der Waals surface area (Å²) in [5.41, 5.74) is 0.582. The lowest BCUT2D eigenvalue weighted by Gasteiger charge is -2.16. The second-order valence-corrected chi connectivity index (χ2v) is 6.81. The minimum absolute atomic E-state index is 0.0832. The van der Waals surface area contributed by atoms with E-state index < -0.39 is 6.04 Å². The quantitative estimate of drug-likeness (QED) is 0.815. The van der Waals surface area contributed by atoms with Gasteiger partial charge < -0.3 is 10.1 Å². The molecule has 3 rings (SSSR count). The molecule has 1 aromatic carbocycles. The van der Waals surface area contributed by atoms with Gasteiger partial charge in [0.15, 0.2) is 0 Å². The minimum atomic E-state index is -0.410. The van der Waals surface area contributed by atoms with Gasteiger partial charge in [-0.1, -0.05) is 24.3 Å². The van der Waals surface area contributed by atoms with Gasteiger partial charge >= 0.3 is 5.97 Å². The first-order valence-corrected chi connectivity index (χ1v) is 8.63. The lowest BCUT2D eigenvalue weighted by atomic mass is 10.1. The number of amides is 1. The topological polar surface area (TPSA) is 55.4 Å². The summed E-state index contributed by atoms with van der Waals surface area (Å²) in [6, 6.07) is 9.88. The van der Waals surface area contributed by atoms with E-state index in [-0.39, 0.29) is 36.0 Å². The van der Waals surface area contributed by atoms with Crippen molar-refractivity contribution < 1.29 is 18.7 Å². The Hall–Kier alpha value is -2.21. The largest absolute Gasteiger partial charge is 0.469 e. The molecule has 1 aromatic heterocycles. The Bertz CT molecular complexity index is 732. The normalized spacial score (nSPS) is 20.2. The minimum Gasteiger partial charge on any atom is -0.469 e. The molecular weight excluding hydrogens is 329 g/mol. The molecule has 1 aliphatic rings. The van der Waals surface area contributed by atoms with Gasteiger partial charge in [0.1, 0.15) is 5.82 Å². The summed E-state index contributed by atoms with van der Waals surface area (Å²) >= 11 is 1.47. The number of esters is 1. The van der Waals surface area contributed by atoms with E-state index in [1.165, 1.54) is 24.5 Å². The second kappa shape index (κ2) is 7.13. The van der Waals surface area contributed by atoms with Crippen LogP contribution in [0.15, 0.2) is 41.8 Å². The van der Waals surface area contributed by atoms with Crippen molar-refractivity contribution in [2.45, 2.75) is 24.8 Å². The number of halogens is 1. The SMILES string of the molecule is COC(=O)CC(NC(=O)C1CC1c1ccccc1F)c1cccs1. The van der Waals surface area contributed by atoms with E-state index in [0.717, 1.165) is 4.88 Å². The molecule has 2 aromatic rings. The van der Waals surface area contributed by atoms with Crippen LogP contribution in [0.1, 0.15) is 35.2 Å². The maximum Gasteiger partial charge on any atom is 0.307 e. The summed E-state index contributed by atoms with van der Waals surface area (Å²) in [5.74, 6) is -1.14. The van der Waals surface area contributed by atoms with Crippen LogP contribution in [0.4, 0.5) is 4.39 Å². The van der Waals surface area contributed by atoms with E-state index >= 15 is 0 Å². The Balaban J connectivity index is 1.66. The predicted octanol–water partition coefficient (Wildman–Crippen LogP) is 3.41. The van der Waals surface area contributed by atoms with Gasteiger partial charge in [-0.2, -0.15) is 0 Å². The van der Waals surface area contributed by atoms with Crippen molar-refractivity contribution in [3.8, 4) is 0 Å². The first kappa shape index (κ1) is 16.6. The summed E-state index contributed by atoms with van der Waals surface area (Å²) in [6.45, 7) is 0. The average molecular weight is 347 g/mol. The van der Waals surface area contributed by atoms with E-state index in [1.807, 2.05) is 17.5 Å². The summed E-state index contributed by atoms with van der Waals surface area (Å²) in [7, 11) is 1.32. The second-order valence-electron chi connectivity index (χ2n) is 5.83. The fourth-order valence-corrected chi connectivity index (χ4v) is 3.62. The third-order valence-corrected chi connectivity index (χ3v) is 5.22. The number of carbonyl (C=O) groups is 2. The first-order valence-electron chi connectivity index (χ1n) is 7.75. The molecule has 0 radical (unpaired) electrons. The fraction of sp³-hybridized carbons (Fsp3) is 0.333. The fourth-order valence-electron chi connectivity index (χ4n) is 2.85. The Labute approximate surface area is 143 Å². The lowest BCUT2D eigenvalue weighted by Crippen LogP contribution is -2.31. The van der Waals surface area contributed by atoms with Gasteiger partial charge in [0, 0.05) is 10.8 Å². The van der Waals surface area contributed by atoms with Crippen molar-refractivity contribution in [3.05, 3.63) is 58.0 Å². The zero-order chi connectivity index (χ0) is 17.1. The number of benzene rings is 1. The van der Waals surface area contributed by atoms with E-state index in [2.05, 4.69) is 5.32 Å². The van der Waals surface area contributed by atoms with Crippen LogP contribution < -0.4 is 5.32 Å². The number of hydrogen-bond acceptors (Lipinski definition) is 4. The van der Waals surface area contributed by atoms with Crippen LogP contribution in [0.25, 0.3) is 0 Å². The van der Waals surface area contributed by atoms with E-state index in [4.69, 9.17) is 4.74 Å². The molecule has 4 nitrogen and oxygen atoms in total. The Kier molecular flexibility index (Phi) is 4.94. The lowest BCUT2D eigenvalue weighted by molar-refractivity contribution is -0.141. The van der Waals surface area contributed by atoms with Crippen molar-refractivity contribution >= 4 is 23.2 Å². The smallest absolute Gasteiger partial charge is 0.307 e.